The summed E-state index contributed by atoms with van der Waals surface area (Å²) in [5.41, 5.74) is 2.02. The second kappa shape index (κ2) is 6.96. The van der Waals surface area contributed by atoms with E-state index in [1.807, 2.05) is 29.2 Å². The van der Waals surface area contributed by atoms with Gasteiger partial charge in [0.25, 0.3) is 5.91 Å². The van der Waals surface area contributed by atoms with Crippen LogP contribution in [0.5, 0.6) is 0 Å². The van der Waals surface area contributed by atoms with Crippen LogP contribution in [-0.2, 0) is 5.75 Å². The van der Waals surface area contributed by atoms with Gasteiger partial charge in [0, 0.05) is 31.0 Å². The van der Waals surface area contributed by atoms with Crippen molar-refractivity contribution in [1.29, 1.82) is 0 Å². The summed E-state index contributed by atoms with van der Waals surface area (Å²) in [6, 6.07) is 7.91. The average molecular weight is 279 g/mol. The quantitative estimate of drug-likeness (QED) is 0.920. The van der Waals surface area contributed by atoms with Gasteiger partial charge in [-0.2, -0.15) is 11.8 Å². The van der Waals surface area contributed by atoms with Crippen LogP contribution in [0, 0.1) is 5.92 Å². The molecule has 0 aliphatic carbocycles. The van der Waals surface area contributed by atoms with Crippen LogP contribution in [0.25, 0.3) is 0 Å². The summed E-state index contributed by atoms with van der Waals surface area (Å²) in [6.45, 7) is 1.76. The van der Waals surface area contributed by atoms with Crippen molar-refractivity contribution >= 4 is 17.7 Å². The fourth-order valence-corrected chi connectivity index (χ4v) is 2.94. The molecule has 0 radical (unpaired) electrons. The number of nitrogens with zero attached hydrogens (tertiary/aromatic N) is 1. The summed E-state index contributed by atoms with van der Waals surface area (Å²) in [5.74, 6) is 1.47. The first kappa shape index (κ1) is 14.4. The summed E-state index contributed by atoms with van der Waals surface area (Å²) >= 11 is 1.78. The Hall–Kier alpha value is -1.00. The van der Waals surface area contributed by atoms with Crippen molar-refractivity contribution in [3.63, 3.8) is 0 Å². The molecule has 0 spiro atoms. The largest absolute Gasteiger partial charge is 0.396 e. The van der Waals surface area contributed by atoms with Crippen molar-refractivity contribution in [1.82, 2.24) is 4.90 Å². The van der Waals surface area contributed by atoms with Crippen LogP contribution >= 0.6 is 11.8 Å². The molecule has 1 aromatic carbocycles. The van der Waals surface area contributed by atoms with Crippen LogP contribution in [0.3, 0.4) is 0 Å². The number of aliphatic hydroxyl groups excluding tert-OH is 1. The zero-order valence-electron chi connectivity index (χ0n) is 11.3. The molecule has 1 amide bonds. The Morgan fingerprint density at radius 1 is 1.32 bits per heavy atom. The van der Waals surface area contributed by atoms with Crippen LogP contribution in [0.2, 0.25) is 0 Å². The smallest absolute Gasteiger partial charge is 0.253 e. The van der Waals surface area contributed by atoms with E-state index in [4.69, 9.17) is 5.11 Å². The lowest BCUT2D eigenvalue weighted by Crippen LogP contribution is -2.39. The fourth-order valence-electron chi connectivity index (χ4n) is 2.41. The Morgan fingerprint density at radius 3 is 2.47 bits per heavy atom. The zero-order valence-corrected chi connectivity index (χ0v) is 12.2. The van der Waals surface area contributed by atoms with Crippen molar-refractivity contribution in [2.45, 2.75) is 18.6 Å². The van der Waals surface area contributed by atoms with E-state index in [2.05, 4.69) is 6.26 Å². The molecule has 1 fully saturated rings. The molecule has 104 valence electrons. The lowest BCUT2D eigenvalue weighted by atomic mass is 9.97. The minimum atomic E-state index is 0.118. The number of carbonyl (C=O) groups excluding carboxylic acids is 1. The number of likely N-dealkylation sites (tertiary alicyclic amines) is 1. The first-order valence-corrected chi connectivity index (χ1v) is 8.12. The third kappa shape index (κ3) is 3.74. The van der Waals surface area contributed by atoms with Gasteiger partial charge in [0.05, 0.1) is 0 Å². The topological polar surface area (TPSA) is 40.5 Å². The van der Waals surface area contributed by atoms with Crippen LogP contribution in [-0.4, -0.2) is 41.9 Å². The SMILES string of the molecule is CSCc1ccc(C(=O)N2CCC(CO)CC2)cc1. The molecule has 2 rings (SSSR count). The highest BCUT2D eigenvalue weighted by atomic mass is 32.2. The van der Waals surface area contributed by atoms with E-state index < -0.39 is 0 Å². The maximum Gasteiger partial charge on any atom is 0.253 e. The van der Waals surface area contributed by atoms with Gasteiger partial charge in [-0.1, -0.05) is 12.1 Å². The monoisotopic (exact) mass is 279 g/mol. The van der Waals surface area contributed by atoms with Crippen molar-refractivity contribution in [2.24, 2.45) is 5.92 Å². The van der Waals surface area contributed by atoms with Crippen molar-refractivity contribution in [3.05, 3.63) is 35.4 Å². The van der Waals surface area contributed by atoms with E-state index >= 15 is 0 Å². The number of carbonyl (C=O) groups is 1. The first-order chi connectivity index (χ1) is 9.24. The van der Waals surface area contributed by atoms with Gasteiger partial charge in [-0.15, -0.1) is 0 Å². The normalized spacial score (nSPS) is 16.6. The predicted molar refractivity (Wildman–Crippen MR) is 79.4 cm³/mol. The molecule has 19 heavy (non-hydrogen) atoms. The molecule has 1 N–H and O–H groups in total. The van der Waals surface area contributed by atoms with E-state index in [9.17, 15) is 4.79 Å². The first-order valence-electron chi connectivity index (χ1n) is 6.72. The van der Waals surface area contributed by atoms with Crippen LogP contribution < -0.4 is 0 Å². The minimum Gasteiger partial charge on any atom is -0.396 e. The number of amides is 1. The fraction of sp³-hybridized carbons (Fsp3) is 0.533. The Balaban J connectivity index is 1.96. The summed E-state index contributed by atoms with van der Waals surface area (Å²) in [6.07, 6.45) is 3.89. The molecule has 0 bridgehead atoms. The van der Waals surface area contributed by atoms with Crippen LogP contribution in [0.15, 0.2) is 24.3 Å². The van der Waals surface area contributed by atoms with E-state index in [0.29, 0.717) is 5.92 Å². The molecule has 0 aromatic heterocycles. The third-order valence-corrected chi connectivity index (χ3v) is 4.29. The predicted octanol–water partition coefficient (Wildman–Crippen LogP) is 2.39. The number of hydrogen-bond acceptors (Lipinski definition) is 3. The number of thioether (sulfide) groups is 1. The van der Waals surface area contributed by atoms with Crippen molar-refractivity contribution in [2.75, 3.05) is 26.0 Å². The Bertz CT molecular complexity index is 411. The van der Waals surface area contributed by atoms with Gasteiger partial charge in [0.1, 0.15) is 0 Å². The molecule has 3 nitrogen and oxygen atoms in total. The van der Waals surface area contributed by atoms with Crippen LogP contribution in [0.1, 0.15) is 28.8 Å². The molecule has 1 heterocycles. The number of benzene rings is 1. The molecule has 4 heteroatoms. The van der Waals surface area contributed by atoms with Gasteiger partial charge in [0.15, 0.2) is 0 Å². The molecular formula is C15H21NO2S. The van der Waals surface area contributed by atoms with E-state index in [0.717, 1.165) is 37.2 Å². The summed E-state index contributed by atoms with van der Waals surface area (Å²) < 4.78 is 0. The molecule has 0 saturated carbocycles. The number of rotatable bonds is 4. The van der Waals surface area contributed by atoms with Gasteiger partial charge in [-0.05, 0) is 42.7 Å². The average Bonchev–Trinajstić information content (AvgIpc) is 2.48. The zero-order chi connectivity index (χ0) is 13.7. The highest BCUT2D eigenvalue weighted by Crippen LogP contribution is 2.19. The lowest BCUT2D eigenvalue weighted by molar-refractivity contribution is 0.0651. The molecule has 1 aliphatic rings. The summed E-state index contributed by atoms with van der Waals surface area (Å²) in [7, 11) is 0. The Labute approximate surface area is 119 Å². The van der Waals surface area contributed by atoms with Gasteiger partial charge >= 0.3 is 0 Å². The number of hydrogen-bond donors (Lipinski definition) is 1. The highest BCUT2D eigenvalue weighted by molar-refractivity contribution is 7.97. The van der Waals surface area contributed by atoms with Gasteiger partial charge in [0.2, 0.25) is 0 Å². The maximum absolute atomic E-state index is 12.3. The Kier molecular flexibility index (Phi) is 5.28. The van der Waals surface area contributed by atoms with Gasteiger partial charge < -0.3 is 10.0 Å². The molecule has 0 atom stereocenters. The van der Waals surface area contributed by atoms with E-state index in [1.165, 1.54) is 5.56 Å². The van der Waals surface area contributed by atoms with E-state index in [-0.39, 0.29) is 12.5 Å². The molecule has 1 aliphatic heterocycles. The van der Waals surface area contributed by atoms with Crippen molar-refractivity contribution < 1.29 is 9.90 Å². The number of aliphatic hydroxyl groups is 1. The second-order valence-electron chi connectivity index (χ2n) is 5.05. The molecule has 1 aromatic rings. The molecule has 0 unspecified atom stereocenters. The van der Waals surface area contributed by atoms with Gasteiger partial charge in [-0.25, -0.2) is 0 Å². The number of piperidine rings is 1. The summed E-state index contributed by atoms with van der Waals surface area (Å²) in [5, 5.41) is 9.11. The highest BCUT2D eigenvalue weighted by Gasteiger charge is 2.22. The summed E-state index contributed by atoms with van der Waals surface area (Å²) in [4.78, 5) is 14.2. The Morgan fingerprint density at radius 2 is 1.95 bits per heavy atom. The molecule has 1 saturated heterocycles. The molecular weight excluding hydrogens is 258 g/mol. The maximum atomic E-state index is 12.3. The van der Waals surface area contributed by atoms with E-state index in [1.54, 1.807) is 11.8 Å². The third-order valence-electron chi connectivity index (χ3n) is 3.67. The van der Waals surface area contributed by atoms with Crippen LogP contribution in [0.4, 0.5) is 0 Å². The standard InChI is InChI=1S/C15H21NO2S/c1-19-11-13-2-4-14(5-3-13)15(18)16-8-6-12(10-17)7-9-16/h2-5,12,17H,6-11H2,1H3. The van der Waals surface area contributed by atoms with Crippen molar-refractivity contribution in [3.8, 4) is 0 Å². The lowest BCUT2D eigenvalue weighted by Gasteiger charge is -2.31. The second-order valence-corrected chi connectivity index (χ2v) is 5.91. The van der Waals surface area contributed by atoms with Gasteiger partial charge in [-0.3, -0.25) is 4.79 Å². The minimum absolute atomic E-state index is 0.118.